The van der Waals surface area contributed by atoms with Gasteiger partial charge < -0.3 is 5.32 Å². The molecule has 1 heterocycles. The number of thioether (sulfide) groups is 1. The first-order chi connectivity index (χ1) is 9.78. The fourth-order valence-corrected chi connectivity index (χ4v) is 3.06. The second-order valence-corrected chi connectivity index (χ2v) is 6.05. The number of hydrogen-bond acceptors (Lipinski definition) is 3. The molecule has 0 aliphatic rings. The molecule has 0 aliphatic carbocycles. The molecular weight excluding hydrogens is 266 g/mol. The number of aryl methyl sites for hydroxylation is 1. The van der Waals surface area contributed by atoms with Gasteiger partial charge in [0.25, 0.3) is 0 Å². The molecule has 0 saturated carbocycles. The van der Waals surface area contributed by atoms with Gasteiger partial charge in [-0.3, -0.25) is 4.68 Å². The third kappa shape index (κ3) is 5.02. The third-order valence-corrected chi connectivity index (χ3v) is 4.28. The molecule has 20 heavy (non-hydrogen) atoms. The van der Waals surface area contributed by atoms with Crippen LogP contribution in [-0.2, 0) is 13.5 Å². The third-order valence-electron chi connectivity index (χ3n) is 3.10. The van der Waals surface area contributed by atoms with Crippen molar-refractivity contribution in [2.75, 3.05) is 12.3 Å². The molecule has 1 unspecified atom stereocenters. The maximum absolute atomic E-state index is 4.48. The van der Waals surface area contributed by atoms with Crippen LogP contribution in [0, 0.1) is 0 Å². The van der Waals surface area contributed by atoms with Gasteiger partial charge in [0.05, 0.1) is 5.69 Å². The number of benzene rings is 1. The van der Waals surface area contributed by atoms with Gasteiger partial charge in [0.2, 0.25) is 0 Å². The number of hydrogen-bond donors (Lipinski definition) is 1. The highest BCUT2D eigenvalue weighted by Gasteiger charge is 2.11. The Morgan fingerprint density at radius 2 is 2.05 bits per heavy atom. The van der Waals surface area contributed by atoms with E-state index in [0.717, 1.165) is 30.8 Å². The largest absolute Gasteiger partial charge is 0.313 e. The summed E-state index contributed by atoms with van der Waals surface area (Å²) in [7, 11) is 1.97. The Morgan fingerprint density at radius 1 is 1.25 bits per heavy atom. The molecule has 0 amide bonds. The summed E-state index contributed by atoms with van der Waals surface area (Å²) in [5, 5.41) is 8.11. The smallest absolute Gasteiger partial charge is 0.0640 e. The molecular formula is C16H23N3S. The number of nitrogens with one attached hydrogen (secondary N) is 1. The Morgan fingerprint density at radius 3 is 2.70 bits per heavy atom. The van der Waals surface area contributed by atoms with Crippen LogP contribution in [0.2, 0.25) is 0 Å². The van der Waals surface area contributed by atoms with Crippen LogP contribution >= 0.6 is 11.8 Å². The Kier molecular flexibility index (Phi) is 6.15. The van der Waals surface area contributed by atoms with Gasteiger partial charge in [-0.25, -0.2) is 0 Å². The van der Waals surface area contributed by atoms with Crippen molar-refractivity contribution in [1.29, 1.82) is 0 Å². The zero-order valence-electron chi connectivity index (χ0n) is 12.2. The van der Waals surface area contributed by atoms with Crippen molar-refractivity contribution in [1.82, 2.24) is 15.1 Å². The summed E-state index contributed by atoms with van der Waals surface area (Å²) in [6.07, 6.45) is 4.16. The van der Waals surface area contributed by atoms with E-state index in [4.69, 9.17) is 0 Å². The van der Waals surface area contributed by atoms with Gasteiger partial charge >= 0.3 is 0 Å². The summed E-state index contributed by atoms with van der Waals surface area (Å²) in [4.78, 5) is 1.33. The van der Waals surface area contributed by atoms with Gasteiger partial charge in [0.1, 0.15) is 0 Å². The summed E-state index contributed by atoms with van der Waals surface area (Å²) in [5.41, 5.74) is 1.16. The van der Waals surface area contributed by atoms with E-state index >= 15 is 0 Å². The van der Waals surface area contributed by atoms with E-state index in [-0.39, 0.29) is 0 Å². The molecule has 0 radical (unpaired) electrons. The van der Waals surface area contributed by atoms with Gasteiger partial charge in [-0.15, -0.1) is 11.8 Å². The minimum absolute atomic E-state index is 0.468. The SMILES string of the molecule is CCCNC(CSc1ccccc1)Cc1ccn(C)n1. The van der Waals surface area contributed by atoms with E-state index in [9.17, 15) is 0 Å². The van der Waals surface area contributed by atoms with Crippen LogP contribution in [-0.4, -0.2) is 28.1 Å². The lowest BCUT2D eigenvalue weighted by molar-refractivity contribution is 0.541. The van der Waals surface area contributed by atoms with Crippen LogP contribution < -0.4 is 5.32 Å². The topological polar surface area (TPSA) is 29.9 Å². The average molecular weight is 289 g/mol. The molecule has 0 bridgehead atoms. The van der Waals surface area contributed by atoms with Crippen LogP contribution in [0.25, 0.3) is 0 Å². The maximum atomic E-state index is 4.48. The average Bonchev–Trinajstić information content (AvgIpc) is 2.88. The Labute approximate surface area is 125 Å². The van der Waals surface area contributed by atoms with Gasteiger partial charge in [-0.05, 0) is 31.2 Å². The fourth-order valence-electron chi connectivity index (χ4n) is 2.08. The highest BCUT2D eigenvalue weighted by molar-refractivity contribution is 7.99. The molecule has 0 aliphatic heterocycles. The summed E-state index contributed by atoms with van der Waals surface area (Å²) >= 11 is 1.91. The molecule has 3 nitrogen and oxygen atoms in total. The van der Waals surface area contributed by atoms with E-state index in [1.165, 1.54) is 4.90 Å². The van der Waals surface area contributed by atoms with Crippen LogP contribution in [0.3, 0.4) is 0 Å². The van der Waals surface area contributed by atoms with Crippen LogP contribution in [0.4, 0.5) is 0 Å². The Bertz CT molecular complexity index is 495. The number of aromatic nitrogens is 2. The molecule has 0 fully saturated rings. The zero-order valence-corrected chi connectivity index (χ0v) is 13.1. The highest BCUT2D eigenvalue weighted by atomic mass is 32.2. The number of rotatable bonds is 8. The summed E-state index contributed by atoms with van der Waals surface area (Å²) in [6, 6.07) is 13.2. The van der Waals surface area contributed by atoms with Gasteiger partial charge in [-0.1, -0.05) is 25.1 Å². The minimum atomic E-state index is 0.468. The molecule has 1 N–H and O–H groups in total. The monoisotopic (exact) mass is 289 g/mol. The van der Waals surface area contributed by atoms with Crippen molar-refractivity contribution in [3.8, 4) is 0 Å². The first kappa shape index (κ1) is 15.1. The molecule has 108 valence electrons. The lowest BCUT2D eigenvalue weighted by Crippen LogP contribution is -2.34. The van der Waals surface area contributed by atoms with Crippen LogP contribution in [0.15, 0.2) is 47.5 Å². The molecule has 4 heteroatoms. The predicted molar refractivity (Wildman–Crippen MR) is 86.2 cm³/mol. The molecule has 1 aromatic carbocycles. The Balaban J connectivity index is 1.89. The summed E-state index contributed by atoms with van der Waals surface area (Å²) in [6.45, 7) is 3.27. The standard InChI is InChI=1S/C16H23N3S/c1-3-10-17-15(12-14-9-11-19(2)18-14)13-20-16-7-5-4-6-8-16/h4-9,11,15,17H,3,10,12-13H2,1-2H3. The van der Waals surface area contributed by atoms with Crippen molar-refractivity contribution >= 4 is 11.8 Å². The van der Waals surface area contributed by atoms with Crippen LogP contribution in [0.1, 0.15) is 19.0 Å². The fraction of sp³-hybridized carbons (Fsp3) is 0.438. The normalized spacial score (nSPS) is 12.5. The van der Waals surface area contributed by atoms with Crippen molar-refractivity contribution < 1.29 is 0 Å². The molecule has 0 spiro atoms. The molecule has 1 aromatic heterocycles. The van der Waals surface area contributed by atoms with E-state index in [2.05, 4.69) is 53.7 Å². The molecule has 1 atom stereocenters. The molecule has 2 aromatic rings. The van der Waals surface area contributed by atoms with Crippen LogP contribution in [0.5, 0.6) is 0 Å². The zero-order chi connectivity index (χ0) is 14.2. The van der Waals surface area contributed by atoms with E-state index in [0.29, 0.717) is 6.04 Å². The van der Waals surface area contributed by atoms with Crippen molar-refractivity contribution in [2.24, 2.45) is 7.05 Å². The number of nitrogens with zero attached hydrogens (tertiary/aromatic N) is 2. The second-order valence-electron chi connectivity index (χ2n) is 4.96. The Hall–Kier alpha value is -1.26. The van der Waals surface area contributed by atoms with E-state index < -0.39 is 0 Å². The van der Waals surface area contributed by atoms with Gasteiger partial charge in [0, 0.05) is 36.4 Å². The predicted octanol–water partition coefficient (Wildman–Crippen LogP) is 3.12. The van der Waals surface area contributed by atoms with Gasteiger partial charge in [0.15, 0.2) is 0 Å². The first-order valence-electron chi connectivity index (χ1n) is 7.17. The summed E-state index contributed by atoms with van der Waals surface area (Å²) < 4.78 is 1.87. The molecule has 0 saturated heterocycles. The van der Waals surface area contributed by atoms with Crippen molar-refractivity contribution in [3.63, 3.8) is 0 Å². The molecule has 2 rings (SSSR count). The lowest BCUT2D eigenvalue weighted by atomic mass is 10.2. The maximum Gasteiger partial charge on any atom is 0.0640 e. The van der Waals surface area contributed by atoms with Gasteiger partial charge in [-0.2, -0.15) is 5.10 Å². The van der Waals surface area contributed by atoms with Crippen molar-refractivity contribution in [2.45, 2.75) is 30.7 Å². The quantitative estimate of drug-likeness (QED) is 0.757. The van der Waals surface area contributed by atoms with E-state index in [1.807, 2.05) is 29.7 Å². The lowest BCUT2D eigenvalue weighted by Gasteiger charge is -2.17. The van der Waals surface area contributed by atoms with Crippen molar-refractivity contribution in [3.05, 3.63) is 48.3 Å². The highest BCUT2D eigenvalue weighted by Crippen LogP contribution is 2.19. The first-order valence-corrected chi connectivity index (χ1v) is 8.16. The van der Waals surface area contributed by atoms with E-state index in [1.54, 1.807) is 0 Å². The second kappa shape index (κ2) is 8.12. The summed E-state index contributed by atoms with van der Waals surface area (Å²) in [5.74, 6) is 1.07. The minimum Gasteiger partial charge on any atom is -0.313 e.